The Hall–Kier alpha value is -2.47. The summed E-state index contributed by atoms with van der Waals surface area (Å²) in [6.45, 7) is 2.12. The van der Waals surface area contributed by atoms with E-state index in [0.29, 0.717) is 23.4 Å². The summed E-state index contributed by atoms with van der Waals surface area (Å²) < 4.78 is 19.0. The molecule has 0 atom stereocenters. The van der Waals surface area contributed by atoms with E-state index >= 15 is 0 Å². The van der Waals surface area contributed by atoms with Crippen molar-refractivity contribution in [2.45, 2.75) is 13.5 Å². The molecule has 21 heavy (non-hydrogen) atoms. The van der Waals surface area contributed by atoms with Crippen LogP contribution in [0.15, 0.2) is 36.4 Å². The van der Waals surface area contributed by atoms with Gasteiger partial charge in [-0.3, -0.25) is 10.1 Å². The van der Waals surface area contributed by atoms with Crippen LogP contribution in [0.1, 0.15) is 11.1 Å². The average molecular weight is 290 g/mol. The van der Waals surface area contributed by atoms with Crippen LogP contribution < -0.4 is 10.1 Å². The summed E-state index contributed by atoms with van der Waals surface area (Å²) in [5.41, 5.74) is 1.12. The number of ether oxygens (including phenoxy) is 1. The number of halogens is 1. The Morgan fingerprint density at radius 1 is 1.33 bits per heavy atom. The lowest BCUT2D eigenvalue weighted by molar-refractivity contribution is -0.385. The number of nitro benzene ring substituents is 1. The summed E-state index contributed by atoms with van der Waals surface area (Å²) in [5, 5.41) is 14.0. The Morgan fingerprint density at radius 3 is 2.76 bits per heavy atom. The minimum absolute atomic E-state index is 0.116. The van der Waals surface area contributed by atoms with Crippen LogP contribution in [0, 0.1) is 22.9 Å². The molecule has 0 aromatic heterocycles. The first-order chi connectivity index (χ1) is 10.0. The van der Waals surface area contributed by atoms with E-state index in [0.717, 1.165) is 0 Å². The van der Waals surface area contributed by atoms with Gasteiger partial charge in [0, 0.05) is 18.2 Å². The molecule has 0 bridgehead atoms. The topological polar surface area (TPSA) is 64.4 Å². The summed E-state index contributed by atoms with van der Waals surface area (Å²) in [5.74, 6) is 0.182. The van der Waals surface area contributed by atoms with E-state index in [4.69, 9.17) is 4.74 Å². The lowest BCUT2D eigenvalue weighted by atomic mass is 10.1. The monoisotopic (exact) mass is 290 g/mol. The van der Waals surface area contributed by atoms with Gasteiger partial charge in [-0.25, -0.2) is 4.39 Å². The molecule has 0 saturated carbocycles. The van der Waals surface area contributed by atoms with Crippen LogP contribution in [0.4, 0.5) is 10.1 Å². The van der Waals surface area contributed by atoms with E-state index in [1.807, 2.05) is 0 Å². The van der Waals surface area contributed by atoms with Crippen LogP contribution in [0.25, 0.3) is 0 Å². The van der Waals surface area contributed by atoms with E-state index < -0.39 is 4.92 Å². The van der Waals surface area contributed by atoms with Gasteiger partial charge in [0.2, 0.25) is 5.75 Å². The molecule has 0 aliphatic carbocycles. The second-order valence-electron chi connectivity index (χ2n) is 4.56. The van der Waals surface area contributed by atoms with Gasteiger partial charge >= 0.3 is 5.69 Å². The molecule has 0 fully saturated rings. The van der Waals surface area contributed by atoms with Crippen LogP contribution in [0.2, 0.25) is 0 Å². The summed E-state index contributed by atoms with van der Waals surface area (Å²) >= 11 is 0. The lowest BCUT2D eigenvalue weighted by Crippen LogP contribution is -2.07. The Balaban J connectivity index is 2.45. The van der Waals surface area contributed by atoms with E-state index in [1.54, 1.807) is 26.1 Å². The molecular weight excluding hydrogens is 275 g/mol. The summed E-state index contributed by atoms with van der Waals surface area (Å²) in [6, 6.07) is 8.78. The molecule has 2 aromatic carbocycles. The molecule has 1 N–H and O–H groups in total. The standard InChI is InChI=1S/C15H15FN2O3/c1-10-4-3-5-13(18(19)20)15(10)21-14-7-6-12(16)8-11(14)9-17-2/h3-8,17H,9H2,1-2H3. The molecule has 2 rings (SSSR count). The second kappa shape index (κ2) is 6.32. The van der Waals surface area contributed by atoms with Crippen molar-refractivity contribution in [1.29, 1.82) is 0 Å². The molecule has 0 radical (unpaired) electrons. The molecule has 6 heteroatoms. The zero-order valence-corrected chi connectivity index (χ0v) is 11.7. The van der Waals surface area contributed by atoms with Crippen molar-refractivity contribution in [2.75, 3.05) is 7.05 Å². The van der Waals surface area contributed by atoms with Gasteiger partial charge in [-0.1, -0.05) is 12.1 Å². The van der Waals surface area contributed by atoms with Gasteiger partial charge in [-0.15, -0.1) is 0 Å². The molecular formula is C15H15FN2O3. The van der Waals surface area contributed by atoms with Crippen LogP contribution in [0.3, 0.4) is 0 Å². The minimum atomic E-state index is -0.496. The first-order valence-electron chi connectivity index (χ1n) is 6.38. The summed E-state index contributed by atoms with van der Waals surface area (Å²) in [4.78, 5) is 10.6. The van der Waals surface area contributed by atoms with Crippen molar-refractivity contribution in [1.82, 2.24) is 5.32 Å². The van der Waals surface area contributed by atoms with Gasteiger partial charge in [-0.05, 0) is 37.7 Å². The maximum atomic E-state index is 13.3. The number of benzene rings is 2. The quantitative estimate of drug-likeness (QED) is 0.675. The summed E-state index contributed by atoms with van der Waals surface area (Å²) in [6.07, 6.45) is 0. The smallest absolute Gasteiger partial charge is 0.311 e. The highest BCUT2D eigenvalue weighted by Gasteiger charge is 2.19. The fourth-order valence-electron chi connectivity index (χ4n) is 2.00. The molecule has 110 valence electrons. The van der Waals surface area contributed by atoms with E-state index in [-0.39, 0.29) is 17.3 Å². The van der Waals surface area contributed by atoms with Crippen molar-refractivity contribution in [3.05, 3.63) is 63.5 Å². The van der Waals surface area contributed by atoms with Crippen molar-refractivity contribution in [3.63, 3.8) is 0 Å². The Bertz CT molecular complexity index is 674. The second-order valence-corrected chi connectivity index (χ2v) is 4.56. The third kappa shape index (κ3) is 3.35. The number of nitro groups is 1. The highest BCUT2D eigenvalue weighted by molar-refractivity contribution is 5.53. The number of rotatable bonds is 5. The molecule has 0 amide bonds. The number of aryl methyl sites for hydroxylation is 1. The van der Waals surface area contributed by atoms with Crippen molar-refractivity contribution >= 4 is 5.69 Å². The SMILES string of the molecule is CNCc1cc(F)ccc1Oc1c(C)cccc1[N+](=O)[O-]. The van der Waals surface area contributed by atoms with Crippen LogP contribution in [0.5, 0.6) is 11.5 Å². The third-order valence-electron chi connectivity index (χ3n) is 2.99. The molecule has 0 aliphatic rings. The predicted octanol–water partition coefficient (Wildman–Crippen LogP) is 3.55. The molecule has 0 unspecified atom stereocenters. The third-order valence-corrected chi connectivity index (χ3v) is 2.99. The number of hydrogen-bond donors (Lipinski definition) is 1. The molecule has 0 saturated heterocycles. The molecule has 0 spiro atoms. The fraction of sp³-hybridized carbons (Fsp3) is 0.200. The van der Waals surface area contributed by atoms with Crippen LogP contribution >= 0.6 is 0 Å². The van der Waals surface area contributed by atoms with Gasteiger partial charge in [0.05, 0.1) is 4.92 Å². The van der Waals surface area contributed by atoms with Gasteiger partial charge in [0.25, 0.3) is 0 Å². The Kier molecular flexibility index (Phi) is 4.49. The maximum absolute atomic E-state index is 13.3. The van der Waals surface area contributed by atoms with Gasteiger partial charge < -0.3 is 10.1 Å². The van der Waals surface area contributed by atoms with Gasteiger partial charge in [0.15, 0.2) is 0 Å². The molecule has 5 nitrogen and oxygen atoms in total. The van der Waals surface area contributed by atoms with Crippen molar-refractivity contribution < 1.29 is 14.1 Å². The normalized spacial score (nSPS) is 10.4. The highest BCUT2D eigenvalue weighted by atomic mass is 19.1. The lowest BCUT2D eigenvalue weighted by Gasteiger charge is -2.13. The first-order valence-corrected chi connectivity index (χ1v) is 6.38. The maximum Gasteiger partial charge on any atom is 0.311 e. The van der Waals surface area contributed by atoms with Gasteiger partial charge in [0.1, 0.15) is 11.6 Å². The predicted molar refractivity (Wildman–Crippen MR) is 77.1 cm³/mol. The number of hydrogen-bond acceptors (Lipinski definition) is 4. The molecule has 0 aliphatic heterocycles. The first kappa shape index (κ1) is 14.9. The Morgan fingerprint density at radius 2 is 2.10 bits per heavy atom. The molecule has 0 heterocycles. The minimum Gasteiger partial charge on any atom is -0.450 e. The van der Waals surface area contributed by atoms with Crippen molar-refractivity contribution in [3.8, 4) is 11.5 Å². The number of nitrogens with one attached hydrogen (secondary N) is 1. The van der Waals surface area contributed by atoms with E-state index in [1.165, 1.54) is 24.3 Å². The largest absolute Gasteiger partial charge is 0.450 e. The Labute approximate surface area is 121 Å². The van der Waals surface area contributed by atoms with Crippen LogP contribution in [-0.2, 0) is 6.54 Å². The zero-order chi connectivity index (χ0) is 15.4. The fourth-order valence-corrected chi connectivity index (χ4v) is 2.00. The average Bonchev–Trinajstić information content (AvgIpc) is 2.43. The van der Waals surface area contributed by atoms with Crippen LogP contribution in [-0.4, -0.2) is 12.0 Å². The summed E-state index contributed by atoms with van der Waals surface area (Å²) in [7, 11) is 1.73. The molecule has 2 aromatic rings. The van der Waals surface area contributed by atoms with Gasteiger partial charge in [-0.2, -0.15) is 0 Å². The highest BCUT2D eigenvalue weighted by Crippen LogP contribution is 2.35. The van der Waals surface area contributed by atoms with E-state index in [9.17, 15) is 14.5 Å². The van der Waals surface area contributed by atoms with E-state index in [2.05, 4.69) is 5.32 Å². The van der Waals surface area contributed by atoms with Crippen molar-refractivity contribution in [2.24, 2.45) is 0 Å². The number of para-hydroxylation sites is 1. The zero-order valence-electron chi connectivity index (χ0n) is 11.7. The number of nitrogens with zero attached hydrogens (tertiary/aromatic N) is 1.